The van der Waals surface area contributed by atoms with Crippen LogP contribution in [0.15, 0.2) is 72.8 Å². The summed E-state index contributed by atoms with van der Waals surface area (Å²) in [6, 6.07) is 19.2. The number of nitrogens with one attached hydrogen (secondary N) is 1. The third-order valence-electron chi connectivity index (χ3n) is 5.28. The molecule has 0 aliphatic heterocycles. The van der Waals surface area contributed by atoms with E-state index < -0.39 is 17.8 Å². The van der Waals surface area contributed by atoms with Gasteiger partial charge in [-0.25, -0.2) is 0 Å². The zero-order valence-electron chi connectivity index (χ0n) is 18.5. The minimum Gasteiger partial charge on any atom is -0.481 e. The van der Waals surface area contributed by atoms with Crippen LogP contribution in [-0.4, -0.2) is 31.6 Å². The normalized spacial score (nSPS) is 12.2. The number of hydrogen-bond donors (Lipinski definition) is 1. The molecule has 0 aliphatic rings. The van der Waals surface area contributed by atoms with Crippen molar-refractivity contribution in [2.24, 2.45) is 0 Å². The molecule has 0 saturated heterocycles. The topological polar surface area (TPSA) is 54.5 Å². The largest absolute Gasteiger partial charge is 0.481 e. The number of aromatic nitrogens is 1. The molecule has 8 heteroatoms. The maximum Gasteiger partial charge on any atom is 0.416 e. The van der Waals surface area contributed by atoms with Crippen molar-refractivity contribution in [3.63, 3.8) is 0 Å². The molecule has 174 valence electrons. The first kappa shape index (κ1) is 24.1. The van der Waals surface area contributed by atoms with Crippen molar-refractivity contribution in [1.82, 2.24) is 10.3 Å². The van der Waals surface area contributed by atoms with Gasteiger partial charge in [-0.3, -0.25) is 4.79 Å². The molecule has 1 amide bonds. The molecule has 3 aromatic rings. The summed E-state index contributed by atoms with van der Waals surface area (Å²) in [5.74, 6) is 0.795. The number of ether oxygens (including phenoxy) is 1. The van der Waals surface area contributed by atoms with Crippen LogP contribution in [0.25, 0.3) is 0 Å². The van der Waals surface area contributed by atoms with E-state index in [9.17, 15) is 18.0 Å². The van der Waals surface area contributed by atoms with E-state index in [0.29, 0.717) is 31.1 Å². The van der Waals surface area contributed by atoms with E-state index in [0.717, 1.165) is 23.3 Å². The lowest BCUT2D eigenvalue weighted by atomic mass is 10.0. The monoisotopic (exact) mass is 457 g/mol. The number of halogens is 3. The third kappa shape index (κ3) is 6.25. The van der Waals surface area contributed by atoms with E-state index in [1.165, 1.54) is 19.2 Å². The fraction of sp³-hybridized carbons (Fsp3) is 0.280. The van der Waals surface area contributed by atoms with Crippen molar-refractivity contribution in [1.29, 1.82) is 0 Å². The Morgan fingerprint density at radius 2 is 1.73 bits per heavy atom. The number of methoxy groups -OCH3 is 1. The number of hydrogen-bond acceptors (Lipinski definition) is 4. The predicted molar refractivity (Wildman–Crippen MR) is 121 cm³/mol. The Balaban J connectivity index is 1.86. The Labute approximate surface area is 191 Å². The van der Waals surface area contributed by atoms with Crippen molar-refractivity contribution in [3.05, 3.63) is 89.5 Å². The van der Waals surface area contributed by atoms with Crippen LogP contribution in [0.4, 0.5) is 19.0 Å². The Morgan fingerprint density at radius 3 is 2.33 bits per heavy atom. The first-order valence-electron chi connectivity index (χ1n) is 10.5. The maximum atomic E-state index is 12.9. The average Bonchev–Trinajstić information content (AvgIpc) is 2.83. The van der Waals surface area contributed by atoms with Gasteiger partial charge in [0.05, 0.1) is 12.7 Å². The molecule has 0 spiro atoms. The van der Waals surface area contributed by atoms with Gasteiger partial charge in [0.15, 0.2) is 0 Å². The van der Waals surface area contributed by atoms with Crippen molar-refractivity contribution >= 4 is 11.7 Å². The summed E-state index contributed by atoms with van der Waals surface area (Å²) >= 11 is 0. The maximum absolute atomic E-state index is 12.9. The molecule has 0 bridgehead atoms. The van der Waals surface area contributed by atoms with E-state index in [1.54, 1.807) is 25.2 Å². The Morgan fingerprint density at radius 1 is 1.03 bits per heavy atom. The van der Waals surface area contributed by atoms with E-state index in [4.69, 9.17) is 4.74 Å². The number of pyridine rings is 1. The molecule has 2 aromatic carbocycles. The first-order valence-corrected chi connectivity index (χ1v) is 10.5. The number of nitrogens with zero attached hydrogens (tertiary/aromatic N) is 2. The van der Waals surface area contributed by atoms with Gasteiger partial charge in [0, 0.05) is 19.7 Å². The van der Waals surface area contributed by atoms with Gasteiger partial charge in [-0.2, -0.15) is 18.2 Å². The van der Waals surface area contributed by atoms with Gasteiger partial charge in [0.2, 0.25) is 11.8 Å². The molecule has 3 rings (SSSR count). The van der Waals surface area contributed by atoms with Gasteiger partial charge in [-0.15, -0.1) is 0 Å². The SMILES string of the molecule is CNC(=O)[C@@H](c1ccccc1)N(CCCc1ccc(C(F)(F)F)cc1)c1cccc(OC)n1. The number of carbonyl (C=O) groups excluding carboxylic acids is 1. The van der Waals surface area contributed by atoms with Crippen LogP contribution >= 0.6 is 0 Å². The zero-order chi connectivity index (χ0) is 23.8. The molecule has 0 fully saturated rings. The van der Waals surface area contributed by atoms with Gasteiger partial charge in [-0.1, -0.05) is 48.5 Å². The summed E-state index contributed by atoms with van der Waals surface area (Å²) in [6.07, 6.45) is -3.21. The number of rotatable bonds is 9. The fourth-order valence-corrected chi connectivity index (χ4v) is 3.61. The van der Waals surface area contributed by atoms with Crippen molar-refractivity contribution in [3.8, 4) is 5.88 Å². The number of benzene rings is 2. The summed E-state index contributed by atoms with van der Waals surface area (Å²) < 4.78 is 43.7. The van der Waals surface area contributed by atoms with Gasteiger partial charge >= 0.3 is 6.18 Å². The highest BCUT2D eigenvalue weighted by Crippen LogP contribution is 2.30. The van der Waals surface area contributed by atoms with Crippen molar-refractivity contribution < 1.29 is 22.7 Å². The minimum atomic E-state index is -4.36. The first-order chi connectivity index (χ1) is 15.8. The van der Waals surface area contributed by atoms with Crippen molar-refractivity contribution in [2.75, 3.05) is 25.6 Å². The Bertz CT molecular complexity index is 1040. The van der Waals surface area contributed by atoms with Crippen LogP contribution in [0.3, 0.4) is 0 Å². The molecule has 1 atom stereocenters. The number of amides is 1. The number of aryl methyl sites for hydroxylation is 1. The van der Waals surface area contributed by atoms with Gasteiger partial charge in [0.1, 0.15) is 11.9 Å². The van der Waals surface area contributed by atoms with Crippen LogP contribution in [0.1, 0.15) is 29.2 Å². The number of anilines is 1. The van der Waals surface area contributed by atoms with Crippen LogP contribution in [0, 0.1) is 0 Å². The van der Waals surface area contributed by atoms with Crippen LogP contribution < -0.4 is 15.0 Å². The predicted octanol–water partition coefficient (Wildman–Crippen LogP) is 5.04. The quantitative estimate of drug-likeness (QED) is 0.489. The molecular formula is C25H26F3N3O2. The standard InChI is InChI=1S/C25H26F3N3O2/c1-29-24(32)23(19-9-4-3-5-10-19)31(21-11-6-12-22(30-21)33-2)17-7-8-18-13-15-20(16-14-18)25(26,27)28/h3-6,9-16,23H,7-8,17H2,1-2H3,(H,29,32)/t23-/m1/s1. The summed E-state index contributed by atoms with van der Waals surface area (Å²) in [5.41, 5.74) is 0.922. The minimum absolute atomic E-state index is 0.194. The summed E-state index contributed by atoms with van der Waals surface area (Å²) in [5, 5.41) is 2.72. The summed E-state index contributed by atoms with van der Waals surface area (Å²) in [4.78, 5) is 19.3. The smallest absolute Gasteiger partial charge is 0.416 e. The molecule has 0 saturated carbocycles. The van der Waals surface area contributed by atoms with Gasteiger partial charge in [0.25, 0.3) is 0 Å². The molecule has 1 N–H and O–H groups in total. The molecule has 1 aromatic heterocycles. The molecule has 0 unspecified atom stereocenters. The second-order valence-corrected chi connectivity index (χ2v) is 7.46. The van der Waals surface area contributed by atoms with Gasteiger partial charge < -0.3 is 15.0 Å². The Kier molecular flexibility index (Phi) is 7.92. The van der Waals surface area contributed by atoms with E-state index in [2.05, 4.69) is 10.3 Å². The second-order valence-electron chi connectivity index (χ2n) is 7.46. The van der Waals surface area contributed by atoms with Gasteiger partial charge in [-0.05, 0) is 42.2 Å². The average molecular weight is 457 g/mol. The lowest BCUT2D eigenvalue weighted by Crippen LogP contribution is -2.40. The number of alkyl halides is 3. The lowest BCUT2D eigenvalue weighted by Gasteiger charge is -2.32. The van der Waals surface area contributed by atoms with E-state index >= 15 is 0 Å². The molecule has 1 heterocycles. The van der Waals surface area contributed by atoms with E-state index in [-0.39, 0.29) is 5.91 Å². The number of carbonyl (C=O) groups is 1. The lowest BCUT2D eigenvalue weighted by molar-refractivity contribution is -0.137. The fourth-order valence-electron chi connectivity index (χ4n) is 3.61. The highest BCUT2D eigenvalue weighted by molar-refractivity contribution is 5.86. The molecular weight excluding hydrogens is 431 g/mol. The van der Waals surface area contributed by atoms with Crippen LogP contribution in [0.5, 0.6) is 5.88 Å². The van der Waals surface area contributed by atoms with Crippen LogP contribution in [0.2, 0.25) is 0 Å². The summed E-state index contributed by atoms with van der Waals surface area (Å²) in [6.45, 7) is 0.453. The highest BCUT2D eigenvalue weighted by Gasteiger charge is 2.30. The third-order valence-corrected chi connectivity index (χ3v) is 5.28. The van der Waals surface area contributed by atoms with Crippen LogP contribution in [-0.2, 0) is 17.4 Å². The molecule has 0 aliphatic carbocycles. The number of likely N-dealkylation sites (N-methyl/N-ethyl adjacent to an activating group) is 1. The molecule has 33 heavy (non-hydrogen) atoms. The molecule has 0 radical (unpaired) electrons. The van der Waals surface area contributed by atoms with E-state index in [1.807, 2.05) is 35.2 Å². The highest BCUT2D eigenvalue weighted by atomic mass is 19.4. The van der Waals surface area contributed by atoms with Crippen molar-refractivity contribution in [2.45, 2.75) is 25.1 Å². The zero-order valence-corrected chi connectivity index (χ0v) is 18.5. The molecule has 5 nitrogen and oxygen atoms in total. The summed E-state index contributed by atoms with van der Waals surface area (Å²) in [7, 11) is 3.10. The second kappa shape index (κ2) is 10.8. The Hall–Kier alpha value is -3.55.